The smallest absolute Gasteiger partial charge is 0.0186 e. The third-order valence-electron chi connectivity index (χ3n) is 0.294. The van der Waals surface area contributed by atoms with Crippen molar-refractivity contribution in [3.05, 3.63) is 20.3 Å². The molecule has 0 unspecified atom stereocenters. The molecule has 0 spiro atoms. The number of rotatable bonds is 1. The topological polar surface area (TPSA) is 0 Å². The zero-order chi connectivity index (χ0) is 5.15. The average Bonchev–Trinajstić information content (AvgIpc) is 1.36. The van der Waals surface area contributed by atoms with Gasteiger partial charge in [-0.25, -0.2) is 0 Å². The Kier molecular flexibility index (Phi) is 3.48. The Labute approximate surface area is 65.0 Å². The van der Waals surface area contributed by atoms with Gasteiger partial charge in [0.2, 0.25) is 0 Å². The van der Waals surface area contributed by atoms with Crippen molar-refractivity contribution in [2.45, 2.75) is 0 Å². The van der Waals surface area contributed by atoms with Crippen LogP contribution in [-0.4, -0.2) is 0 Å². The lowest BCUT2D eigenvalue weighted by Crippen LogP contribution is -1.55. The maximum absolute atomic E-state index is 3.63. The quantitative estimate of drug-likeness (QED) is 0.516. The highest BCUT2D eigenvalue weighted by atomic mass is 127. The van der Waals surface area contributed by atoms with Crippen molar-refractivity contribution in [3.8, 4) is 0 Å². The van der Waals surface area contributed by atoms with Crippen molar-refractivity contribution in [2.75, 3.05) is 0 Å². The molecular formula is C4H4I2. The van der Waals surface area contributed by atoms with Crippen LogP contribution in [0.1, 0.15) is 0 Å². The molecule has 0 aliphatic heterocycles. The predicted molar refractivity (Wildman–Crippen MR) is 46.3 cm³/mol. The Hall–Kier alpha value is 0.940. The summed E-state index contributed by atoms with van der Waals surface area (Å²) in [5.41, 5.74) is 0. The fraction of sp³-hybridized carbons (Fsp3) is 0. The van der Waals surface area contributed by atoms with Crippen LogP contribution in [0.2, 0.25) is 0 Å². The first-order valence-electron chi connectivity index (χ1n) is 1.34. The third kappa shape index (κ3) is 3.14. The van der Waals surface area contributed by atoms with E-state index in [1.807, 2.05) is 0 Å². The molecule has 0 saturated heterocycles. The van der Waals surface area contributed by atoms with E-state index in [0.717, 1.165) is 7.16 Å². The summed E-state index contributed by atoms with van der Waals surface area (Å²) in [6.45, 7) is 7.27. The maximum Gasteiger partial charge on any atom is 0.0186 e. The van der Waals surface area contributed by atoms with Crippen molar-refractivity contribution in [2.24, 2.45) is 0 Å². The van der Waals surface area contributed by atoms with Crippen molar-refractivity contribution in [1.82, 2.24) is 0 Å². The summed E-state index contributed by atoms with van der Waals surface area (Å²) in [6, 6.07) is 0. The monoisotopic (exact) mass is 306 g/mol. The fourth-order valence-corrected chi connectivity index (χ4v) is 0. The van der Waals surface area contributed by atoms with Gasteiger partial charge in [0.15, 0.2) is 0 Å². The van der Waals surface area contributed by atoms with E-state index < -0.39 is 0 Å². The molecule has 0 heterocycles. The van der Waals surface area contributed by atoms with Crippen LogP contribution in [0.5, 0.6) is 0 Å². The Morgan fingerprint density at radius 1 is 1.00 bits per heavy atom. The molecule has 0 nitrogen and oxygen atoms in total. The molecule has 0 fully saturated rings. The summed E-state index contributed by atoms with van der Waals surface area (Å²) < 4.78 is 2.04. The summed E-state index contributed by atoms with van der Waals surface area (Å²) in [5.74, 6) is 0. The van der Waals surface area contributed by atoms with Gasteiger partial charge in [0, 0.05) is 7.16 Å². The Morgan fingerprint density at radius 3 is 1.17 bits per heavy atom. The molecule has 0 aliphatic rings. The number of allylic oxidation sites excluding steroid dienone is 2. The molecule has 0 aromatic rings. The molecule has 0 rings (SSSR count). The molecule has 0 saturated carbocycles. The summed E-state index contributed by atoms with van der Waals surface area (Å²) in [7, 11) is 0. The maximum atomic E-state index is 3.63. The van der Waals surface area contributed by atoms with E-state index in [2.05, 4.69) is 58.3 Å². The minimum absolute atomic E-state index is 1.02. The van der Waals surface area contributed by atoms with E-state index in [4.69, 9.17) is 0 Å². The van der Waals surface area contributed by atoms with Crippen molar-refractivity contribution >= 4 is 45.2 Å². The largest absolute Gasteiger partial charge is 0.0846 e. The van der Waals surface area contributed by atoms with Gasteiger partial charge in [0.05, 0.1) is 0 Å². The summed E-state index contributed by atoms with van der Waals surface area (Å²) in [5, 5.41) is 0. The second-order valence-electron chi connectivity index (χ2n) is 0.810. The highest BCUT2D eigenvalue weighted by Gasteiger charge is 1.82. The van der Waals surface area contributed by atoms with E-state index in [-0.39, 0.29) is 0 Å². The van der Waals surface area contributed by atoms with Crippen LogP contribution in [0.25, 0.3) is 0 Å². The average molecular weight is 306 g/mol. The minimum Gasteiger partial charge on any atom is -0.0846 e. The normalized spacial score (nSPS) is 7.67. The lowest BCUT2D eigenvalue weighted by molar-refractivity contribution is 2.08. The molecule has 0 bridgehead atoms. The molecule has 0 amide bonds. The van der Waals surface area contributed by atoms with Gasteiger partial charge >= 0.3 is 0 Å². The predicted octanol–water partition coefficient (Wildman–Crippen LogP) is 2.88. The Bertz CT molecular complexity index is 71.5. The SMILES string of the molecule is C=C(I)C(=C)I. The molecule has 0 aliphatic carbocycles. The van der Waals surface area contributed by atoms with Crippen LogP contribution >= 0.6 is 45.2 Å². The van der Waals surface area contributed by atoms with Gasteiger partial charge in [-0.05, 0) is 45.2 Å². The van der Waals surface area contributed by atoms with E-state index in [1.54, 1.807) is 0 Å². The fourth-order valence-electron chi connectivity index (χ4n) is 0. The van der Waals surface area contributed by atoms with Crippen LogP contribution in [0.4, 0.5) is 0 Å². The van der Waals surface area contributed by atoms with Gasteiger partial charge in [0.1, 0.15) is 0 Å². The van der Waals surface area contributed by atoms with E-state index in [1.165, 1.54) is 0 Å². The van der Waals surface area contributed by atoms with Gasteiger partial charge in [-0.2, -0.15) is 0 Å². The summed E-state index contributed by atoms with van der Waals surface area (Å²) in [4.78, 5) is 0. The third-order valence-corrected chi connectivity index (χ3v) is 2.63. The van der Waals surface area contributed by atoms with Crippen molar-refractivity contribution in [1.29, 1.82) is 0 Å². The molecule has 0 atom stereocenters. The van der Waals surface area contributed by atoms with Crippen LogP contribution in [0.3, 0.4) is 0 Å². The van der Waals surface area contributed by atoms with Gasteiger partial charge in [-0.1, -0.05) is 13.2 Å². The molecule has 34 valence electrons. The van der Waals surface area contributed by atoms with Crippen molar-refractivity contribution in [3.63, 3.8) is 0 Å². The second kappa shape index (κ2) is 3.01. The molecular weight excluding hydrogens is 302 g/mol. The van der Waals surface area contributed by atoms with Crippen LogP contribution in [0, 0.1) is 0 Å². The van der Waals surface area contributed by atoms with Gasteiger partial charge in [-0.15, -0.1) is 0 Å². The van der Waals surface area contributed by atoms with Crippen LogP contribution in [0.15, 0.2) is 20.3 Å². The molecule has 0 aromatic carbocycles. The summed E-state index contributed by atoms with van der Waals surface area (Å²) in [6.07, 6.45) is 0. The highest BCUT2D eigenvalue weighted by Crippen LogP contribution is 2.18. The van der Waals surface area contributed by atoms with Gasteiger partial charge in [-0.3, -0.25) is 0 Å². The van der Waals surface area contributed by atoms with Crippen LogP contribution < -0.4 is 0 Å². The van der Waals surface area contributed by atoms with E-state index >= 15 is 0 Å². The Balaban J connectivity index is 3.57. The van der Waals surface area contributed by atoms with Crippen LogP contribution in [-0.2, 0) is 0 Å². The molecule has 2 heteroatoms. The summed E-state index contributed by atoms with van der Waals surface area (Å²) >= 11 is 4.26. The van der Waals surface area contributed by atoms with E-state index in [0.29, 0.717) is 0 Å². The zero-order valence-electron chi connectivity index (χ0n) is 3.17. The number of halogens is 2. The molecule has 0 radical (unpaired) electrons. The zero-order valence-corrected chi connectivity index (χ0v) is 7.49. The Morgan fingerprint density at radius 2 is 1.17 bits per heavy atom. The first-order valence-corrected chi connectivity index (χ1v) is 3.49. The molecule has 0 N–H and O–H groups in total. The lowest BCUT2D eigenvalue weighted by atomic mass is 10.6. The second-order valence-corrected chi connectivity index (χ2v) is 3.41. The molecule has 0 aromatic heterocycles. The van der Waals surface area contributed by atoms with Crippen molar-refractivity contribution < 1.29 is 0 Å². The molecule has 6 heavy (non-hydrogen) atoms. The van der Waals surface area contributed by atoms with Gasteiger partial charge in [0.25, 0.3) is 0 Å². The minimum atomic E-state index is 1.02. The van der Waals surface area contributed by atoms with E-state index in [9.17, 15) is 0 Å². The highest BCUT2D eigenvalue weighted by molar-refractivity contribution is 14.1. The first-order chi connectivity index (χ1) is 2.64. The van der Waals surface area contributed by atoms with Gasteiger partial charge < -0.3 is 0 Å². The lowest BCUT2D eigenvalue weighted by Gasteiger charge is -1.83. The first kappa shape index (κ1) is 6.94. The number of hydrogen-bond acceptors (Lipinski definition) is 0. The standard InChI is InChI=1S/C4H4I2/c1-3(5)4(2)6/h1-2H2. The number of hydrogen-bond donors (Lipinski definition) is 0.